The first kappa shape index (κ1) is 20.4. The molecular formula is C22H23F3N4O. The molecule has 158 valence electrons. The van der Waals surface area contributed by atoms with Crippen molar-refractivity contribution in [2.75, 3.05) is 4.90 Å². The molecule has 1 aliphatic heterocycles. The second kappa shape index (κ2) is 7.43. The molecule has 0 spiro atoms. The van der Waals surface area contributed by atoms with E-state index in [9.17, 15) is 18.0 Å². The van der Waals surface area contributed by atoms with Crippen molar-refractivity contribution in [1.82, 2.24) is 9.55 Å². The number of alkyl halides is 2. The highest BCUT2D eigenvalue weighted by molar-refractivity contribution is 6.05. The van der Waals surface area contributed by atoms with Gasteiger partial charge in [-0.05, 0) is 42.2 Å². The molecule has 2 aromatic carbocycles. The van der Waals surface area contributed by atoms with Crippen LogP contribution in [0.25, 0.3) is 11.0 Å². The first-order valence-corrected chi connectivity index (χ1v) is 9.91. The first-order chi connectivity index (χ1) is 14.2. The lowest BCUT2D eigenvalue weighted by atomic mass is 10.1. The lowest BCUT2D eigenvalue weighted by Gasteiger charge is -2.18. The molecule has 0 radical (unpaired) electrons. The normalized spacial score (nSPS) is 15.4. The number of rotatable bonds is 6. The maximum atomic E-state index is 14.5. The van der Waals surface area contributed by atoms with Gasteiger partial charge in [0.1, 0.15) is 11.6 Å². The van der Waals surface area contributed by atoms with Gasteiger partial charge in [-0.15, -0.1) is 0 Å². The maximum absolute atomic E-state index is 14.5. The summed E-state index contributed by atoms with van der Waals surface area (Å²) in [6, 6.07) is 9.27. The van der Waals surface area contributed by atoms with E-state index >= 15 is 0 Å². The van der Waals surface area contributed by atoms with Crippen LogP contribution in [0.5, 0.6) is 0 Å². The summed E-state index contributed by atoms with van der Waals surface area (Å²) in [6.45, 7) is 4.99. The summed E-state index contributed by atoms with van der Waals surface area (Å²) in [4.78, 5) is 18.0. The van der Waals surface area contributed by atoms with E-state index in [4.69, 9.17) is 5.73 Å². The predicted molar refractivity (Wildman–Crippen MR) is 109 cm³/mol. The van der Waals surface area contributed by atoms with Crippen LogP contribution in [0.3, 0.4) is 0 Å². The number of hydrogen-bond donors (Lipinski definition) is 1. The van der Waals surface area contributed by atoms with Gasteiger partial charge in [-0.25, -0.2) is 9.37 Å². The summed E-state index contributed by atoms with van der Waals surface area (Å²) in [5.41, 5.74) is 7.18. The highest BCUT2D eigenvalue weighted by Crippen LogP contribution is 2.46. The van der Waals surface area contributed by atoms with E-state index in [-0.39, 0.29) is 12.2 Å². The summed E-state index contributed by atoms with van der Waals surface area (Å²) < 4.78 is 45.1. The number of benzene rings is 2. The summed E-state index contributed by atoms with van der Waals surface area (Å²) in [5.74, 6) is -5.53. The molecule has 3 aromatic rings. The Bertz CT molecular complexity index is 1120. The quantitative estimate of drug-likeness (QED) is 0.651. The third kappa shape index (κ3) is 3.25. The Morgan fingerprint density at radius 1 is 1.20 bits per heavy atom. The van der Waals surface area contributed by atoms with E-state index in [1.165, 1.54) is 12.1 Å². The lowest BCUT2D eigenvalue weighted by Crippen LogP contribution is -2.35. The Labute approximate surface area is 172 Å². The van der Waals surface area contributed by atoms with Gasteiger partial charge < -0.3 is 10.3 Å². The molecular weight excluding hydrogens is 393 g/mol. The predicted octanol–water partition coefficient (Wildman–Crippen LogP) is 4.32. The van der Waals surface area contributed by atoms with Crippen LogP contribution in [0.1, 0.15) is 37.2 Å². The zero-order valence-corrected chi connectivity index (χ0v) is 16.8. The maximum Gasteiger partial charge on any atom is 0.355 e. The molecule has 2 N–H and O–H groups in total. The number of fused-ring (bicyclic) bond motifs is 2. The number of anilines is 1. The van der Waals surface area contributed by atoms with Crippen LogP contribution in [-0.4, -0.2) is 15.5 Å². The van der Waals surface area contributed by atoms with Gasteiger partial charge >= 0.3 is 11.8 Å². The summed E-state index contributed by atoms with van der Waals surface area (Å²) in [5, 5.41) is 0. The number of aryl methyl sites for hydroxylation is 1. The van der Waals surface area contributed by atoms with Crippen molar-refractivity contribution in [3.63, 3.8) is 0 Å². The third-order valence-electron chi connectivity index (χ3n) is 5.47. The van der Waals surface area contributed by atoms with Crippen molar-refractivity contribution >= 4 is 22.6 Å². The SMILES string of the molecule is CC(C)CCn1c(CN2C(=O)C(F)(F)c3c(F)cccc32)nc2cc(CN)ccc21. The number of aromatic nitrogens is 2. The number of imidazole rings is 1. The molecule has 1 amide bonds. The molecule has 0 unspecified atom stereocenters. The number of carbonyl (C=O) groups excluding carboxylic acids is 1. The topological polar surface area (TPSA) is 64.2 Å². The van der Waals surface area contributed by atoms with Crippen molar-refractivity contribution < 1.29 is 18.0 Å². The Kier molecular flexibility index (Phi) is 5.05. The fourth-order valence-corrected chi connectivity index (χ4v) is 3.84. The van der Waals surface area contributed by atoms with Crippen LogP contribution in [0.2, 0.25) is 0 Å². The zero-order chi connectivity index (χ0) is 21.6. The summed E-state index contributed by atoms with van der Waals surface area (Å²) >= 11 is 0. The fourth-order valence-electron chi connectivity index (χ4n) is 3.84. The third-order valence-corrected chi connectivity index (χ3v) is 5.47. The Morgan fingerprint density at radius 2 is 1.97 bits per heavy atom. The molecule has 8 heteroatoms. The van der Waals surface area contributed by atoms with Gasteiger partial charge in [0.15, 0.2) is 0 Å². The molecule has 0 aliphatic carbocycles. The highest BCUT2D eigenvalue weighted by Gasteiger charge is 2.54. The van der Waals surface area contributed by atoms with Crippen LogP contribution in [-0.2, 0) is 30.4 Å². The summed E-state index contributed by atoms with van der Waals surface area (Å²) in [7, 11) is 0. The van der Waals surface area contributed by atoms with Crippen LogP contribution in [0, 0.1) is 11.7 Å². The number of amides is 1. The first-order valence-electron chi connectivity index (χ1n) is 9.91. The minimum absolute atomic E-state index is 0.116. The van der Waals surface area contributed by atoms with E-state index < -0.39 is 23.2 Å². The van der Waals surface area contributed by atoms with Crippen LogP contribution in [0.15, 0.2) is 36.4 Å². The van der Waals surface area contributed by atoms with Gasteiger partial charge in [0.2, 0.25) is 0 Å². The van der Waals surface area contributed by atoms with Gasteiger partial charge in [-0.2, -0.15) is 8.78 Å². The van der Waals surface area contributed by atoms with E-state index in [1.807, 2.05) is 22.8 Å². The second-order valence-electron chi connectivity index (χ2n) is 7.99. The van der Waals surface area contributed by atoms with Gasteiger partial charge in [0.25, 0.3) is 0 Å². The molecule has 0 fully saturated rings. The monoisotopic (exact) mass is 416 g/mol. The molecule has 0 saturated heterocycles. The Hall–Kier alpha value is -2.87. The van der Waals surface area contributed by atoms with Crippen molar-refractivity contribution in [2.45, 2.75) is 45.8 Å². The molecule has 1 aliphatic rings. The average molecular weight is 416 g/mol. The van der Waals surface area contributed by atoms with Crippen molar-refractivity contribution in [3.8, 4) is 0 Å². The van der Waals surface area contributed by atoms with Gasteiger partial charge in [0, 0.05) is 13.1 Å². The van der Waals surface area contributed by atoms with Crippen LogP contribution >= 0.6 is 0 Å². The van der Waals surface area contributed by atoms with Gasteiger partial charge in [-0.3, -0.25) is 9.69 Å². The van der Waals surface area contributed by atoms with Crippen LogP contribution < -0.4 is 10.6 Å². The van der Waals surface area contributed by atoms with Crippen molar-refractivity contribution in [1.29, 1.82) is 0 Å². The minimum Gasteiger partial charge on any atom is -0.326 e. The molecule has 0 atom stereocenters. The minimum atomic E-state index is -3.90. The van der Waals surface area contributed by atoms with E-state index in [2.05, 4.69) is 18.8 Å². The second-order valence-corrected chi connectivity index (χ2v) is 7.99. The number of nitrogens with zero attached hydrogens (tertiary/aromatic N) is 3. The molecule has 2 heterocycles. The largest absolute Gasteiger partial charge is 0.355 e. The smallest absolute Gasteiger partial charge is 0.326 e. The lowest BCUT2D eigenvalue weighted by molar-refractivity contribution is -0.142. The van der Waals surface area contributed by atoms with Gasteiger partial charge in [0.05, 0.1) is 28.8 Å². The molecule has 30 heavy (non-hydrogen) atoms. The van der Waals surface area contributed by atoms with E-state index in [0.29, 0.717) is 30.3 Å². The average Bonchev–Trinajstić information content (AvgIpc) is 3.14. The summed E-state index contributed by atoms with van der Waals surface area (Å²) in [6.07, 6.45) is 0.854. The van der Waals surface area contributed by atoms with Crippen molar-refractivity contribution in [2.24, 2.45) is 11.7 Å². The number of halogens is 3. The van der Waals surface area contributed by atoms with Crippen molar-refractivity contribution in [3.05, 3.63) is 59.2 Å². The Balaban J connectivity index is 1.79. The Morgan fingerprint density at radius 3 is 2.67 bits per heavy atom. The van der Waals surface area contributed by atoms with E-state index in [0.717, 1.165) is 28.5 Å². The number of hydrogen-bond acceptors (Lipinski definition) is 3. The number of carbonyl (C=O) groups is 1. The zero-order valence-electron chi connectivity index (χ0n) is 16.8. The molecule has 0 saturated carbocycles. The highest BCUT2D eigenvalue weighted by atomic mass is 19.3. The standard InChI is InChI=1S/C22H23F3N4O/c1-13(2)8-9-28-17-7-6-14(11-26)10-16(17)27-19(28)12-29-18-5-3-4-15(23)20(18)22(24,25)21(29)30/h3-7,10,13H,8-9,11-12,26H2,1-2H3. The molecule has 4 rings (SSSR count). The molecule has 1 aromatic heterocycles. The molecule has 5 nitrogen and oxygen atoms in total. The molecule has 0 bridgehead atoms. The van der Waals surface area contributed by atoms with Crippen LogP contribution in [0.4, 0.5) is 18.9 Å². The number of nitrogens with two attached hydrogens (primary N) is 1. The fraction of sp³-hybridized carbons (Fsp3) is 0.364. The van der Waals surface area contributed by atoms with Gasteiger partial charge in [-0.1, -0.05) is 26.0 Å². The van der Waals surface area contributed by atoms with E-state index in [1.54, 1.807) is 0 Å².